The van der Waals surface area contributed by atoms with Crippen molar-refractivity contribution in [3.8, 4) is 0 Å². The maximum atomic E-state index is 12.1. The largest absolute Gasteiger partial charge is 0.381 e. The molecule has 1 aliphatic heterocycles. The summed E-state index contributed by atoms with van der Waals surface area (Å²) in [5.41, 5.74) is 1.16. The van der Waals surface area contributed by atoms with E-state index in [1.54, 1.807) is 11.3 Å². The summed E-state index contributed by atoms with van der Waals surface area (Å²) in [6.07, 6.45) is 0. The second-order valence-corrected chi connectivity index (χ2v) is 6.69. The van der Waals surface area contributed by atoms with E-state index in [-0.39, 0.29) is 5.92 Å². The minimum atomic E-state index is 0.253. The van der Waals surface area contributed by atoms with E-state index in [4.69, 9.17) is 4.74 Å². The highest BCUT2D eigenvalue weighted by Crippen LogP contribution is 2.52. The lowest BCUT2D eigenvalue weighted by atomic mass is 10.1. The van der Waals surface area contributed by atoms with Crippen molar-refractivity contribution in [2.75, 3.05) is 13.2 Å². The monoisotopic (exact) mass is 286 g/mol. The topological polar surface area (TPSA) is 26.3 Å². The molecule has 15 heavy (non-hydrogen) atoms. The molecule has 1 saturated heterocycles. The molecule has 0 amide bonds. The van der Waals surface area contributed by atoms with E-state index in [0.717, 1.165) is 27.4 Å². The number of ketones is 1. The van der Waals surface area contributed by atoms with Gasteiger partial charge in [-0.2, -0.15) is 0 Å². The maximum absolute atomic E-state index is 12.1. The van der Waals surface area contributed by atoms with Crippen molar-refractivity contribution in [2.45, 2.75) is 6.92 Å². The molecule has 0 aromatic carbocycles. The third-order valence-electron chi connectivity index (χ3n) is 3.36. The number of carbonyl (C=O) groups excluding carboxylic acids is 1. The lowest BCUT2D eigenvalue weighted by molar-refractivity contribution is 0.0897. The Balaban J connectivity index is 1.81. The van der Waals surface area contributed by atoms with Crippen LogP contribution in [0.1, 0.15) is 15.2 Å². The van der Waals surface area contributed by atoms with Crippen molar-refractivity contribution in [3.63, 3.8) is 0 Å². The Hall–Kier alpha value is -0.190. The predicted octanol–water partition coefficient (Wildman–Crippen LogP) is 2.89. The predicted molar refractivity (Wildman–Crippen MR) is 62.4 cm³/mol. The van der Waals surface area contributed by atoms with Gasteiger partial charge in [0.05, 0.1) is 21.9 Å². The van der Waals surface area contributed by atoms with E-state index < -0.39 is 0 Å². The summed E-state index contributed by atoms with van der Waals surface area (Å²) in [6.45, 7) is 3.59. The van der Waals surface area contributed by atoms with E-state index in [2.05, 4.69) is 15.9 Å². The number of rotatable bonds is 2. The molecule has 0 spiro atoms. The van der Waals surface area contributed by atoms with Crippen molar-refractivity contribution in [2.24, 2.45) is 17.8 Å². The smallest absolute Gasteiger partial charge is 0.176 e. The highest BCUT2D eigenvalue weighted by molar-refractivity contribution is 9.11. The number of thiophene rings is 1. The first kappa shape index (κ1) is 10.00. The lowest BCUT2D eigenvalue weighted by Crippen LogP contribution is -2.08. The number of aryl methyl sites for hydroxylation is 1. The second kappa shape index (κ2) is 3.40. The van der Waals surface area contributed by atoms with Crippen LogP contribution in [0.4, 0.5) is 0 Å². The van der Waals surface area contributed by atoms with Crippen molar-refractivity contribution in [3.05, 3.63) is 20.3 Å². The standard InChI is InChI=1S/C11H11BrO2S/c1-5-2-8(15-11(5)12)10(13)9-6-3-14-4-7(6)9/h2,6-7,9H,3-4H2,1H3. The van der Waals surface area contributed by atoms with Gasteiger partial charge in [-0.1, -0.05) is 0 Å². The Labute approximate surface area is 101 Å². The first-order valence-corrected chi connectivity index (χ1v) is 6.67. The highest BCUT2D eigenvalue weighted by atomic mass is 79.9. The zero-order valence-corrected chi connectivity index (χ0v) is 10.7. The average Bonchev–Trinajstić information content (AvgIpc) is 2.59. The van der Waals surface area contributed by atoms with Gasteiger partial charge in [0, 0.05) is 5.92 Å². The zero-order valence-electron chi connectivity index (χ0n) is 8.33. The fraction of sp³-hybridized carbons (Fsp3) is 0.545. The molecule has 3 rings (SSSR count). The molecule has 4 heteroatoms. The van der Waals surface area contributed by atoms with Gasteiger partial charge < -0.3 is 4.74 Å². The molecule has 0 radical (unpaired) electrons. The molecular formula is C11H11BrO2S. The summed E-state index contributed by atoms with van der Waals surface area (Å²) in [5.74, 6) is 1.60. The van der Waals surface area contributed by atoms with Crippen molar-refractivity contribution >= 4 is 33.0 Å². The van der Waals surface area contributed by atoms with E-state index in [1.165, 1.54) is 0 Å². The molecule has 1 saturated carbocycles. The van der Waals surface area contributed by atoms with Crippen molar-refractivity contribution in [1.29, 1.82) is 0 Å². The Morgan fingerprint density at radius 3 is 2.73 bits per heavy atom. The first-order chi connectivity index (χ1) is 7.18. The van der Waals surface area contributed by atoms with Gasteiger partial charge in [0.25, 0.3) is 0 Å². The minimum absolute atomic E-state index is 0.253. The van der Waals surface area contributed by atoms with Gasteiger partial charge in [-0.3, -0.25) is 4.79 Å². The van der Waals surface area contributed by atoms with E-state index in [0.29, 0.717) is 17.6 Å². The van der Waals surface area contributed by atoms with E-state index in [1.807, 2.05) is 13.0 Å². The molecule has 2 nitrogen and oxygen atoms in total. The van der Waals surface area contributed by atoms with E-state index in [9.17, 15) is 4.79 Å². The molecule has 0 bridgehead atoms. The van der Waals surface area contributed by atoms with Crippen LogP contribution in [-0.4, -0.2) is 19.0 Å². The van der Waals surface area contributed by atoms with Crippen LogP contribution in [0, 0.1) is 24.7 Å². The second-order valence-electron chi connectivity index (χ2n) is 4.32. The molecular weight excluding hydrogens is 276 g/mol. The van der Waals surface area contributed by atoms with E-state index >= 15 is 0 Å². The maximum Gasteiger partial charge on any atom is 0.176 e. The number of hydrogen-bond donors (Lipinski definition) is 0. The summed E-state index contributed by atoms with van der Waals surface area (Å²) in [7, 11) is 0. The highest BCUT2D eigenvalue weighted by Gasteiger charge is 2.58. The summed E-state index contributed by atoms with van der Waals surface area (Å²) in [4.78, 5) is 13.0. The molecule has 2 unspecified atom stereocenters. The van der Waals surface area contributed by atoms with Gasteiger partial charge in [0.1, 0.15) is 0 Å². The first-order valence-electron chi connectivity index (χ1n) is 5.06. The van der Waals surface area contributed by atoms with Crippen LogP contribution in [0.15, 0.2) is 9.85 Å². The fourth-order valence-electron chi connectivity index (χ4n) is 2.37. The Bertz CT molecular complexity index is 397. The SMILES string of the molecule is Cc1cc(C(=O)C2C3COCC32)sc1Br. The molecule has 1 aromatic rings. The molecule has 80 valence electrons. The minimum Gasteiger partial charge on any atom is -0.381 e. The van der Waals surface area contributed by atoms with Gasteiger partial charge >= 0.3 is 0 Å². The zero-order chi connectivity index (χ0) is 10.6. The van der Waals surface area contributed by atoms with Crippen molar-refractivity contribution < 1.29 is 9.53 Å². The number of ether oxygens (including phenoxy) is 1. The quantitative estimate of drug-likeness (QED) is 0.782. The number of halogens is 1. The molecule has 0 N–H and O–H groups in total. The lowest BCUT2D eigenvalue weighted by Gasteiger charge is -2.00. The summed E-state index contributed by atoms with van der Waals surface area (Å²) in [6, 6.07) is 1.99. The van der Waals surface area contributed by atoms with Gasteiger partial charge in [-0.05, 0) is 46.3 Å². The third-order valence-corrected chi connectivity index (χ3v) is 5.51. The summed E-state index contributed by atoms with van der Waals surface area (Å²) in [5, 5.41) is 0. The number of hydrogen-bond acceptors (Lipinski definition) is 3. The summed E-state index contributed by atoms with van der Waals surface area (Å²) >= 11 is 5.01. The molecule has 2 aliphatic rings. The van der Waals surface area contributed by atoms with Crippen LogP contribution in [0.3, 0.4) is 0 Å². The molecule has 2 atom stereocenters. The molecule has 2 heterocycles. The van der Waals surface area contributed by atoms with Gasteiger partial charge in [-0.15, -0.1) is 11.3 Å². The summed E-state index contributed by atoms with van der Waals surface area (Å²) < 4.78 is 6.37. The van der Waals surface area contributed by atoms with Gasteiger partial charge in [0.15, 0.2) is 5.78 Å². The number of fused-ring (bicyclic) bond motifs is 1. The molecule has 1 aromatic heterocycles. The number of Topliss-reactive ketones (excluding diaryl/α,β-unsaturated/α-hetero) is 1. The van der Waals surface area contributed by atoms with Crippen LogP contribution in [-0.2, 0) is 4.74 Å². The van der Waals surface area contributed by atoms with Crippen LogP contribution in [0.2, 0.25) is 0 Å². The van der Waals surface area contributed by atoms with Gasteiger partial charge in [-0.25, -0.2) is 0 Å². The Morgan fingerprint density at radius 2 is 2.20 bits per heavy atom. The van der Waals surface area contributed by atoms with Crippen LogP contribution < -0.4 is 0 Å². The normalized spacial score (nSPS) is 32.8. The van der Waals surface area contributed by atoms with Crippen LogP contribution in [0.5, 0.6) is 0 Å². The fourth-order valence-corrected chi connectivity index (χ4v) is 3.90. The Morgan fingerprint density at radius 1 is 1.53 bits per heavy atom. The third kappa shape index (κ3) is 1.50. The van der Waals surface area contributed by atoms with Crippen molar-refractivity contribution in [1.82, 2.24) is 0 Å². The average molecular weight is 287 g/mol. The number of carbonyl (C=O) groups is 1. The van der Waals surface area contributed by atoms with Gasteiger partial charge in [0.2, 0.25) is 0 Å². The molecule has 1 aliphatic carbocycles. The Kier molecular flexibility index (Phi) is 2.27. The molecule has 2 fully saturated rings. The van der Waals surface area contributed by atoms with Crippen LogP contribution in [0.25, 0.3) is 0 Å². The van der Waals surface area contributed by atoms with Crippen LogP contribution >= 0.6 is 27.3 Å².